The van der Waals surface area contributed by atoms with Crippen molar-refractivity contribution < 1.29 is 9.59 Å². The van der Waals surface area contributed by atoms with E-state index >= 15 is 0 Å². The summed E-state index contributed by atoms with van der Waals surface area (Å²) in [7, 11) is 0. The Balaban J connectivity index is 1.38. The van der Waals surface area contributed by atoms with Crippen molar-refractivity contribution in [3.05, 3.63) is 47.7 Å². The van der Waals surface area contributed by atoms with Gasteiger partial charge in [-0.3, -0.25) is 4.79 Å². The summed E-state index contributed by atoms with van der Waals surface area (Å²) >= 11 is 0. The SMILES string of the molecule is CC(=O)N1CC[C@@H](NC2=NC3CN(C(=O)NCc4ccccc4)C(C)(C)C3=CN2)C1. The van der Waals surface area contributed by atoms with E-state index in [9.17, 15) is 9.59 Å². The molecule has 3 aliphatic heterocycles. The lowest BCUT2D eigenvalue weighted by molar-refractivity contribution is -0.127. The first-order chi connectivity index (χ1) is 14.3. The number of likely N-dealkylation sites (tertiary alicyclic amines) is 2. The van der Waals surface area contributed by atoms with Crippen molar-refractivity contribution in [3.63, 3.8) is 0 Å². The number of carbonyl (C=O) groups is 2. The molecule has 0 aromatic heterocycles. The average Bonchev–Trinajstić information content (AvgIpc) is 3.29. The second kappa shape index (κ2) is 8.01. The number of rotatable bonds is 3. The van der Waals surface area contributed by atoms with E-state index in [0.717, 1.165) is 24.1 Å². The van der Waals surface area contributed by atoms with Crippen LogP contribution in [0.15, 0.2) is 47.1 Å². The van der Waals surface area contributed by atoms with Gasteiger partial charge in [0.1, 0.15) is 0 Å². The number of nitrogens with one attached hydrogen (secondary N) is 3. The number of aliphatic imine (C=N–C) groups is 1. The zero-order valence-corrected chi connectivity index (χ0v) is 17.8. The second-order valence-corrected chi connectivity index (χ2v) is 8.65. The third-order valence-corrected chi connectivity index (χ3v) is 6.25. The molecule has 0 bridgehead atoms. The Hall–Kier alpha value is -3.03. The number of carbonyl (C=O) groups excluding carboxylic acids is 2. The van der Waals surface area contributed by atoms with E-state index in [4.69, 9.17) is 4.99 Å². The van der Waals surface area contributed by atoms with Crippen LogP contribution in [-0.4, -0.2) is 65.0 Å². The molecule has 1 unspecified atom stereocenters. The van der Waals surface area contributed by atoms with Gasteiger partial charge in [0, 0.05) is 45.3 Å². The molecule has 0 aliphatic carbocycles. The van der Waals surface area contributed by atoms with Crippen molar-refractivity contribution >= 4 is 17.9 Å². The fourth-order valence-corrected chi connectivity index (χ4v) is 4.43. The summed E-state index contributed by atoms with van der Waals surface area (Å²) in [6.45, 7) is 8.21. The summed E-state index contributed by atoms with van der Waals surface area (Å²) in [6, 6.07) is 9.93. The molecule has 2 fully saturated rings. The van der Waals surface area contributed by atoms with E-state index in [1.165, 1.54) is 0 Å². The van der Waals surface area contributed by atoms with E-state index in [1.807, 2.05) is 46.3 Å². The summed E-state index contributed by atoms with van der Waals surface area (Å²) in [5.74, 6) is 0.816. The molecule has 3 N–H and O–H groups in total. The van der Waals surface area contributed by atoms with E-state index in [2.05, 4.69) is 29.8 Å². The van der Waals surface area contributed by atoms with Gasteiger partial charge in [-0.1, -0.05) is 30.3 Å². The van der Waals surface area contributed by atoms with E-state index in [0.29, 0.717) is 25.6 Å². The van der Waals surface area contributed by atoms with Gasteiger partial charge in [0.25, 0.3) is 0 Å². The van der Waals surface area contributed by atoms with Gasteiger partial charge in [-0.25, -0.2) is 9.79 Å². The Kier molecular flexibility index (Phi) is 5.40. The quantitative estimate of drug-likeness (QED) is 0.703. The van der Waals surface area contributed by atoms with Crippen LogP contribution < -0.4 is 16.0 Å². The highest BCUT2D eigenvalue weighted by molar-refractivity contribution is 5.84. The van der Waals surface area contributed by atoms with Crippen LogP contribution in [0.25, 0.3) is 0 Å². The van der Waals surface area contributed by atoms with Crippen LogP contribution in [0.5, 0.6) is 0 Å². The lowest BCUT2D eigenvalue weighted by Crippen LogP contribution is -2.48. The number of benzene rings is 1. The van der Waals surface area contributed by atoms with Crippen LogP contribution in [0.4, 0.5) is 4.79 Å². The van der Waals surface area contributed by atoms with Crippen LogP contribution in [-0.2, 0) is 11.3 Å². The maximum atomic E-state index is 12.9. The molecule has 160 valence electrons. The smallest absolute Gasteiger partial charge is 0.318 e. The molecule has 2 saturated heterocycles. The summed E-state index contributed by atoms with van der Waals surface area (Å²) in [5.41, 5.74) is 1.74. The standard InChI is InChI=1S/C22H30N6O2/c1-15(29)27-10-9-17(13-27)25-20-23-12-18-19(26-20)14-28(22(18,2)3)21(30)24-11-16-7-5-4-6-8-16/h4-8,12,17,19H,9-11,13-14H2,1-3H3,(H,24,30)(H2,23,25,26)/t17-,19?/m1/s1. The molecular formula is C22H30N6O2. The Morgan fingerprint density at radius 3 is 2.70 bits per heavy atom. The van der Waals surface area contributed by atoms with Gasteiger partial charge < -0.3 is 25.8 Å². The zero-order chi connectivity index (χ0) is 21.3. The van der Waals surface area contributed by atoms with Gasteiger partial charge in [-0.05, 0) is 31.4 Å². The normalized spacial score (nSPS) is 24.5. The molecule has 0 radical (unpaired) electrons. The average molecular weight is 411 g/mol. The Bertz CT molecular complexity index is 879. The molecule has 1 aromatic rings. The highest BCUT2D eigenvalue weighted by Gasteiger charge is 2.47. The van der Waals surface area contributed by atoms with E-state index in [1.54, 1.807) is 6.92 Å². The Morgan fingerprint density at radius 2 is 2.00 bits per heavy atom. The first-order valence-corrected chi connectivity index (χ1v) is 10.5. The minimum atomic E-state index is -0.424. The molecule has 2 atom stereocenters. The highest BCUT2D eigenvalue weighted by atomic mass is 16.2. The molecule has 30 heavy (non-hydrogen) atoms. The van der Waals surface area contributed by atoms with Crippen LogP contribution in [0.3, 0.4) is 0 Å². The lowest BCUT2D eigenvalue weighted by atomic mass is 9.93. The molecule has 8 nitrogen and oxygen atoms in total. The number of hydrogen-bond donors (Lipinski definition) is 3. The molecule has 3 aliphatic rings. The predicted molar refractivity (Wildman–Crippen MR) is 116 cm³/mol. The van der Waals surface area contributed by atoms with Gasteiger partial charge >= 0.3 is 6.03 Å². The van der Waals surface area contributed by atoms with Gasteiger partial charge in [0.2, 0.25) is 5.91 Å². The number of guanidine groups is 1. The van der Waals surface area contributed by atoms with Crippen molar-refractivity contribution in [3.8, 4) is 0 Å². The Labute approximate surface area is 177 Å². The molecule has 0 spiro atoms. The minimum absolute atomic E-state index is 0.0726. The summed E-state index contributed by atoms with van der Waals surface area (Å²) in [6.07, 6.45) is 2.88. The van der Waals surface area contributed by atoms with Gasteiger partial charge in [-0.2, -0.15) is 0 Å². The number of hydrogen-bond acceptors (Lipinski definition) is 5. The fourth-order valence-electron chi connectivity index (χ4n) is 4.43. The van der Waals surface area contributed by atoms with Crippen molar-refractivity contribution in [1.29, 1.82) is 0 Å². The summed E-state index contributed by atoms with van der Waals surface area (Å²) < 4.78 is 0. The molecule has 3 amide bonds. The molecule has 1 aromatic carbocycles. The number of fused-ring (bicyclic) bond motifs is 1. The topological polar surface area (TPSA) is 89.1 Å². The lowest BCUT2D eigenvalue weighted by Gasteiger charge is -2.33. The molecule has 4 rings (SSSR count). The predicted octanol–water partition coefficient (Wildman–Crippen LogP) is 1.41. The van der Waals surface area contributed by atoms with Crippen molar-refractivity contribution in [2.24, 2.45) is 4.99 Å². The fraction of sp³-hybridized carbons (Fsp3) is 0.500. The summed E-state index contributed by atoms with van der Waals surface area (Å²) in [5, 5.41) is 9.69. The monoisotopic (exact) mass is 410 g/mol. The third kappa shape index (κ3) is 3.99. The first kappa shape index (κ1) is 20.3. The Morgan fingerprint density at radius 1 is 1.23 bits per heavy atom. The first-order valence-electron chi connectivity index (χ1n) is 10.5. The highest BCUT2D eigenvalue weighted by Crippen LogP contribution is 2.36. The number of nitrogens with zero attached hydrogens (tertiary/aromatic N) is 3. The van der Waals surface area contributed by atoms with Gasteiger partial charge in [0.05, 0.1) is 11.6 Å². The van der Waals surface area contributed by atoms with Gasteiger partial charge in [-0.15, -0.1) is 0 Å². The molecule has 0 saturated carbocycles. The second-order valence-electron chi connectivity index (χ2n) is 8.65. The van der Waals surface area contributed by atoms with E-state index in [-0.39, 0.29) is 24.0 Å². The van der Waals surface area contributed by atoms with Gasteiger partial charge in [0.15, 0.2) is 5.96 Å². The van der Waals surface area contributed by atoms with E-state index < -0.39 is 5.54 Å². The minimum Gasteiger partial charge on any atom is -0.352 e. The maximum absolute atomic E-state index is 12.9. The number of urea groups is 1. The van der Waals surface area contributed by atoms with Crippen LogP contribution in [0.2, 0.25) is 0 Å². The summed E-state index contributed by atoms with van der Waals surface area (Å²) in [4.78, 5) is 33.0. The van der Waals surface area contributed by atoms with Crippen molar-refractivity contribution in [2.75, 3.05) is 19.6 Å². The molecular weight excluding hydrogens is 380 g/mol. The third-order valence-electron chi connectivity index (χ3n) is 6.25. The van der Waals surface area contributed by atoms with Crippen molar-refractivity contribution in [1.82, 2.24) is 25.8 Å². The van der Waals surface area contributed by atoms with Crippen molar-refractivity contribution in [2.45, 2.75) is 51.4 Å². The van der Waals surface area contributed by atoms with Crippen LogP contribution in [0, 0.1) is 0 Å². The molecule has 8 heteroatoms. The zero-order valence-electron chi connectivity index (χ0n) is 17.8. The molecule has 3 heterocycles. The maximum Gasteiger partial charge on any atom is 0.318 e. The largest absolute Gasteiger partial charge is 0.352 e. The van der Waals surface area contributed by atoms with Crippen LogP contribution >= 0.6 is 0 Å². The number of amides is 3. The van der Waals surface area contributed by atoms with Crippen LogP contribution in [0.1, 0.15) is 32.8 Å².